The van der Waals surface area contributed by atoms with Crippen molar-refractivity contribution >= 4 is 23.4 Å². The number of nitrogens with zero attached hydrogens (tertiary/aromatic N) is 3. The molecule has 1 atom stereocenters. The van der Waals surface area contributed by atoms with Crippen LogP contribution in [0.15, 0.2) is 18.5 Å². The molecule has 2 heterocycles. The fourth-order valence-corrected chi connectivity index (χ4v) is 1.71. The van der Waals surface area contributed by atoms with Gasteiger partial charge in [0.05, 0.1) is 6.04 Å². The zero-order valence-electron chi connectivity index (χ0n) is 9.31. The van der Waals surface area contributed by atoms with Crippen molar-refractivity contribution in [3.8, 4) is 0 Å². The third-order valence-electron chi connectivity index (χ3n) is 2.29. The van der Waals surface area contributed by atoms with Crippen molar-refractivity contribution in [1.82, 2.24) is 19.9 Å². The first kappa shape index (κ1) is 11.7. The summed E-state index contributed by atoms with van der Waals surface area (Å²) in [4.78, 5) is 15.1. The Bertz CT molecular complexity index is 463. The monoisotopic (exact) mass is 252 g/mol. The van der Waals surface area contributed by atoms with Gasteiger partial charge in [-0.3, -0.25) is 0 Å². The number of rotatable bonds is 4. The van der Waals surface area contributed by atoms with Gasteiger partial charge in [-0.1, -0.05) is 18.5 Å². The molecule has 2 aromatic heterocycles. The van der Waals surface area contributed by atoms with Crippen molar-refractivity contribution in [1.29, 1.82) is 0 Å². The van der Waals surface area contributed by atoms with Crippen molar-refractivity contribution in [2.75, 3.05) is 11.1 Å². The van der Waals surface area contributed by atoms with Gasteiger partial charge in [-0.25, -0.2) is 9.97 Å². The fourth-order valence-electron chi connectivity index (χ4n) is 1.52. The van der Waals surface area contributed by atoms with Crippen LogP contribution in [0.1, 0.15) is 25.2 Å². The van der Waals surface area contributed by atoms with Gasteiger partial charge >= 0.3 is 0 Å². The number of hydrogen-bond acceptors (Lipinski definition) is 5. The predicted molar refractivity (Wildman–Crippen MR) is 66.7 cm³/mol. The van der Waals surface area contributed by atoms with E-state index in [1.54, 1.807) is 18.5 Å². The van der Waals surface area contributed by atoms with Crippen LogP contribution in [-0.2, 0) is 0 Å². The van der Waals surface area contributed by atoms with Crippen molar-refractivity contribution in [2.45, 2.75) is 19.4 Å². The Kier molecular flexibility index (Phi) is 3.43. The summed E-state index contributed by atoms with van der Waals surface area (Å²) in [6.45, 7) is 2.05. The molecule has 0 spiro atoms. The summed E-state index contributed by atoms with van der Waals surface area (Å²) >= 11 is 5.81. The number of H-pyrrole nitrogens is 1. The van der Waals surface area contributed by atoms with Gasteiger partial charge in [-0.2, -0.15) is 4.98 Å². The topological polar surface area (TPSA) is 92.5 Å². The van der Waals surface area contributed by atoms with E-state index in [9.17, 15) is 0 Å². The highest BCUT2D eigenvalue weighted by Crippen LogP contribution is 2.20. The Morgan fingerprint density at radius 3 is 2.94 bits per heavy atom. The number of imidazole rings is 1. The van der Waals surface area contributed by atoms with E-state index in [-0.39, 0.29) is 12.0 Å². The number of halogens is 1. The first-order chi connectivity index (χ1) is 8.19. The van der Waals surface area contributed by atoms with Gasteiger partial charge in [0, 0.05) is 18.5 Å². The van der Waals surface area contributed by atoms with Crippen molar-refractivity contribution in [3.05, 3.63) is 29.4 Å². The summed E-state index contributed by atoms with van der Waals surface area (Å²) < 4.78 is 0. The first-order valence-electron chi connectivity index (χ1n) is 5.25. The Balaban J connectivity index is 2.18. The summed E-state index contributed by atoms with van der Waals surface area (Å²) in [5, 5.41) is 3.52. The number of aromatic amines is 1. The molecule has 0 aromatic carbocycles. The second-order valence-corrected chi connectivity index (χ2v) is 3.90. The molecule has 4 N–H and O–H groups in total. The fraction of sp³-hybridized carbons (Fsp3) is 0.300. The number of hydrogen-bond donors (Lipinski definition) is 3. The van der Waals surface area contributed by atoms with E-state index >= 15 is 0 Å². The quantitative estimate of drug-likeness (QED) is 0.724. The van der Waals surface area contributed by atoms with Crippen LogP contribution in [0.25, 0.3) is 0 Å². The van der Waals surface area contributed by atoms with E-state index in [1.165, 1.54) is 0 Å². The molecule has 0 saturated heterocycles. The zero-order valence-corrected chi connectivity index (χ0v) is 10.1. The Morgan fingerprint density at radius 2 is 2.35 bits per heavy atom. The van der Waals surface area contributed by atoms with E-state index in [1.807, 2.05) is 6.92 Å². The highest BCUT2D eigenvalue weighted by molar-refractivity contribution is 6.29. The third-order valence-corrected chi connectivity index (χ3v) is 2.49. The van der Waals surface area contributed by atoms with Crippen LogP contribution in [0.5, 0.6) is 0 Å². The maximum Gasteiger partial charge on any atom is 0.223 e. The highest BCUT2D eigenvalue weighted by atomic mass is 35.5. The molecule has 0 saturated carbocycles. The standard InChI is InChI=1S/C10H13ClN6/c1-2-6(9-13-3-4-14-9)15-8-5-7(11)16-10(12)17-8/h3-6H,2H2,1H3,(H,13,14)(H3,12,15,16,17). The summed E-state index contributed by atoms with van der Waals surface area (Å²) in [6, 6.07) is 1.67. The number of aromatic nitrogens is 4. The normalized spacial score (nSPS) is 12.4. The minimum atomic E-state index is 0.0374. The van der Waals surface area contributed by atoms with Crippen LogP contribution in [0.4, 0.5) is 11.8 Å². The molecule has 2 aromatic rings. The molecule has 6 nitrogen and oxygen atoms in total. The molecule has 2 rings (SSSR count). The van der Waals surface area contributed by atoms with Gasteiger partial charge < -0.3 is 16.0 Å². The van der Waals surface area contributed by atoms with Crippen LogP contribution in [0.2, 0.25) is 5.15 Å². The lowest BCUT2D eigenvalue weighted by Gasteiger charge is -2.15. The summed E-state index contributed by atoms with van der Waals surface area (Å²) in [7, 11) is 0. The molecule has 0 bridgehead atoms. The zero-order chi connectivity index (χ0) is 12.3. The summed E-state index contributed by atoms with van der Waals surface area (Å²) in [5.74, 6) is 1.58. The van der Waals surface area contributed by atoms with Gasteiger partial charge in [-0.05, 0) is 6.42 Å². The van der Waals surface area contributed by atoms with Crippen LogP contribution >= 0.6 is 11.6 Å². The molecule has 7 heteroatoms. The van der Waals surface area contributed by atoms with Gasteiger partial charge in [0.2, 0.25) is 5.95 Å². The molecule has 0 aliphatic heterocycles. The average molecular weight is 253 g/mol. The molecule has 1 unspecified atom stereocenters. The Morgan fingerprint density at radius 1 is 1.53 bits per heavy atom. The molecule has 0 aliphatic rings. The lowest BCUT2D eigenvalue weighted by molar-refractivity contribution is 0.700. The summed E-state index contributed by atoms with van der Waals surface area (Å²) in [6.07, 6.45) is 4.34. The van der Waals surface area contributed by atoms with Crippen LogP contribution < -0.4 is 11.1 Å². The van der Waals surface area contributed by atoms with E-state index in [0.29, 0.717) is 11.0 Å². The van der Waals surface area contributed by atoms with E-state index in [0.717, 1.165) is 12.2 Å². The number of nitrogen functional groups attached to an aromatic ring is 1. The highest BCUT2D eigenvalue weighted by Gasteiger charge is 2.12. The largest absolute Gasteiger partial charge is 0.368 e. The van der Waals surface area contributed by atoms with Crippen molar-refractivity contribution in [2.24, 2.45) is 0 Å². The van der Waals surface area contributed by atoms with Gasteiger partial charge in [-0.15, -0.1) is 0 Å². The van der Waals surface area contributed by atoms with Crippen LogP contribution in [-0.4, -0.2) is 19.9 Å². The SMILES string of the molecule is CCC(Nc1cc(Cl)nc(N)n1)c1ncc[nH]1. The molecule has 90 valence electrons. The number of nitrogens with one attached hydrogen (secondary N) is 2. The molecule has 17 heavy (non-hydrogen) atoms. The average Bonchev–Trinajstić information content (AvgIpc) is 2.77. The van der Waals surface area contributed by atoms with E-state index in [4.69, 9.17) is 17.3 Å². The van der Waals surface area contributed by atoms with E-state index in [2.05, 4.69) is 25.3 Å². The summed E-state index contributed by atoms with van der Waals surface area (Å²) in [5.41, 5.74) is 5.53. The van der Waals surface area contributed by atoms with Gasteiger partial charge in [0.1, 0.15) is 16.8 Å². The molecular formula is C10H13ClN6. The second kappa shape index (κ2) is 5.01. The van der Waals surface area contributed by atoms with E-state index < -0.39 is 0 Å². The molecule has 0 radical (unpaired) electrons. The number of anilines is 2. The predicted octanol–water partition coefficient (Wildman–Crippen LogP) is 2.00. The third kappa shape index (κ3) is 2.85. The maximum atomic E-state index is 5.81. The van der Waals surface area contributed by atoms with Gasteiger partial charge in [0.25, 0.3) is 0 Å². The van der Waals surface area contributed by atoms with Crippen molar-refractivity contribution < 1.29 is 0 Å². The maximum absolute atomic E-state index is 5.81. The van der Waals surface area contributed by atoms with Gasteiger partial charge in [0.15, 0.2) is 0 Å². The first-order valence-corrected chi connectivity index (χ1v) is 5.62. The smallest absolute Gasteiger partial charge is 0.223 e. The molecule has 0 amide bonds. The lowest BCUT2D eigenvalue weighted by atomic mass is 10.2. The minimum absolute atomic E-state index is 0.0374. The molecular weight excluding hydrogens is 240 g/mol. The van der Waals surface area contributed by atoms with Crippen molar-refractivity contribution in [3.63, 3.8) is 0 Å². The lowest BCUT2D eigenvalue weighted by Crippen LogP contribution is -2.13. The van der Waals surface area contributed by atoms with Crippen LogP contribution in [0, 0.1) is 0 Å². The number of nitrogens with two attached hydrogens (primary N) is 1. The second-order valence-electron chi connectivity index (χ2n) is 3.51. The molecule has 0 aliphatic carbocycles. The Labute approximate surface area is 104 Å². The minimum Gasteiger partial charge on any atom is -0.368 e. The van der Waals surface area contributed by atoms with Crippen LogP contribution in [0.3, 0.4) is 0 Å². The Hall–Kier alpha value is -1.82. The molecule has 0 fully saturated rings.